The van der Waals surface area contributed by atoms with Gasteiger partial charge in [-0.15, -0.1) is 0 Å². The predicted molar refractivity (Wildman–Crippen MR) is 84.0 cm³/mol. The van der Waals surface area contributed by atoms with Gasteiger partial charge in [0.05, 0.1) is 11.6 Å². The monoisotopic (exact) mass is 308 g/mol. The van der Waals surface area contributed by atoms with Gasteiger partial charge >= 0.3 is 0 Å². The number of hydrogen-bond donors (Lipinski definition) is 2. The van der Waals surface area contributed by atoms with Gasteiger partial charge in [0.2, 0.25) is 5.91 Å². The highest BCUT2D eigenvalue weighted by Crippen LogP contribution is 2.38. The largest absolute Gasteiger partial charge is 0.492 e. The van der Waals surface area contributed by atoms with Crippen LogP contribution in [0, 0.1) is 5.92 Å². The van der Waals surface area contributed by atoms with Crippen LogP contribution in [-0.4, -0.2) is 19.6 Å². The highest BCUT2D eigenvalue weighted by atomic mass is 35.5. The maximum absolute atomic E-state index is 11.8. The topological polar surface area (TPSA) is 50.4 Å². The number of amides is 1. The molecule has 1 aliphatic heterocycles. The van der Waals surface area contributed by atoms with E-state index < -0.39 is 0 Å². The van der Waals surface area contributed by atoms with Crippen LogP contribution < -0.4 is 15.4 Å². The number of fused-ring (bicyclic) bond motifs is 1. The van der Waals surface area contributed by atoms with Crippen molar-refractivity contribution in [1.82, 2.24) is 5.32 Å². The molecule has 1 aliphatic carbocycles. The average molecular weight is 309 g/mol. The number of anilines is 1. The maximum Gasteiger partial charge on any atom is 0.246 e. The third-order valence-electron chi connectivity index (χ3n) is 4.42. The van der Waals surface area contributed by atoms with E-state index in [-0.39, 0.29) is 11.9 Å². The van der Waals surface area contributed by atoms with Gasteiger partial charge in [0, 0.05) is 17.3 Å². The molecule has 0 radical (unpaired) electrons. The third kappa shape index (κ3) is 3.01. The molecule has 114 valence electrons. The number of ether oxygens (including phenoxy) is 1. The van der Waals surface area contributed by atoms with Crippen molar-refractivity contribution in [2.24, 2.45) is 5.92 Å². The number of carbonyl (C=O) groups excluding carboxylic acids is 1. The summed E-state index contributed by atoms with van der Waals surface area (Å²) in [6, 6.07) is 3.34. The smallest absolute Gasteiger partial charge is 0.246 e. The third-order valence-corrected chi connectivity index (χ3v) is 4.72. The molecular formula is C16H21ClN2O2. The van der Waals surface area contributed by atoms with E-state index in [0.29, 0.717) is 23.3 Å². The van der Waals surface area contributed by atoms with Crippen LogP contribution in [-0.2, 0) is 4.79 Å². The molecule has 1 aromatic rings. The van der Waals surface area contributed by atoms with E-state index in [4.69, 9.17) is 16.3 Å². The molecule has 21 heavy (non-hydrogen) atoms. The zero-order valence-electron chi connectivity index (χ0n) is 12.2. The number of likely N-dealkylation sites (N-methyl/N-ethyl adjacent to an activating group) is 1. The van der Waals surface area contributed by atoms with Gasteiger partial charge in [-0.25, -0.2) is 0 Å². The summed E-state index contributed by atoms with van der Waals surface area (Å²) >= 11 is 6.30. The van der Waals surface area contributed by atoms with Gasteiger partial charge in [0.15, 0.2) is 0 Å². The standard InChI is InChI=1S/C16H21ClN2O2/c1-18-15-11-7-12(17)14(8-13(11)19-16(15)20)21-9-10-5-3-2-4-6-10/h7-8,10,15,18H,2-6,9H2,1H3,(H,19,20). The molecule has 3 rings (SSSR count). The number of nitrogens with one attached hydrogen (secondary N) is 2. The first-order valence-corrected chi connectivity index (χ1v) is 8.01. The van der Waals surface area contributed by atoms with Crippen LogP contribution in [0.15, 0.2) is 12.1 Å². The summed E-state index contributed by atoms with van der Waals surface area (Å²) in [5, 5.41) is 6.42. The van der Waals surface area contributed by atoms with E-state index in [0.717, 1.165) is 11.3 Å². The fourth-order valence-corrected chi connectivity index (χ4v) is 3.45. The molecule has 2 aliphatic rings. The SMILES string of the molecule is CNC1C(=O)Nc2cc(OCC3CCCCC3)c(Cl)cc21. The fourth-order valence-electron chi connectivity index (χ4n) is 3.22. The van der Waals surface area contributed by atoms with Crippen LogP contribution in [0.25, 0.3) is 0 Å². The molecule has 0 bridgehead atoms. The minimum atomic E-state index is -0.329. The van der Waals surface area contributed by atoms with Gasteiger partial charge in [0.1, 0.15) is 11.8 Å². The molecule has 1 saturated carbocycles. The zero-order valence-corrected chi connectivity index (χ0v) is 13.0. The summed E-state index contributed by atoms with van der Waals surface area (Å²) in [7, 11) is 1.76. The molecule has 0 aromatic heterocycles. The molecule has 1 aromatic carbocycles. The minimum Gasteiger partial charge on any atom is -0.492 e. The molecule has 1 amide bonds. The predicted octanol–water partition coefficient (Wildman–Crippen LogP) is 3.51. The number of rotatable bonds is 4. The van der Waals surface area contributed by atoms with Gasteiger partial charge in [-0.05, 0) is 31.9 Å². The normalized spacial score (nSPS) is 22.0. The number of benzene rings is 1. The molecule has 4 nitrogen and oxygen atoms in total. The van der Waals surface area contributed by atoms with Crippen molar-refractivity contribution in [3.63, 3.8) is 0 Å². The first-order chi connectivity index (χ1) is 10.2. The lowest BCUT2D eigenvalue weighted by atomic mass is 9.90. The highest BCUT2D eigenvalue weighted by Gasteiger charge is 2.30. The summed E-state index contributed by atoms with van der Waals surface area (Å²) in [6.45, 7) is 0.710. The van der Waals surface area contributed by atoms with Gasteiger partial charge in [-0.3, -0.25) is 4.79 Å². The quantitative estimate of drug-likeness (QED) is 0.895. The van der Waals surface area contributed by atoms with E-state index in [1.54, 1.807) is 7.05 Å². The van der Waals surface area contributed by atoms with Crippen molar-refractivity contribution in [2.75, 3.05) is 19.0 Å². The van der Waals surface area contributed by atoms with Gasteiger partial charge in [0.25, 0.3) is 0 Å². The van der Waals surface area contributed by atoms with Crippen molar-refractivity contribution in [3.8, 4) is 5.75 Å². The van der Waals surface area contributed by atoms with Crippen LogP contribution in [0.2, 0.25) is 5.02 Å². The summed E-state index contributed by atoms with van der Waals surface area (Å²) in [4.78, 5) is 11.8. The van der Waals surface area contributed by atoms with E-state index in [9.17, 15) is 4.79 Å². The van der Waals surface area contributed by atoms with Crippen molar-refractivity contribution < 1.29 is 9.53 Å². The number of hydrogen-bond acceptors (Lipinski definition) is 3. The molecule has 1 fully saturated rings. The molecule has 1 unspecified atom stereocenters. The molecule has 0 saturated heterocycles. The Balaban J connectivity index is 1.72. The summed E-state index contributed by atoms with van der Waals surface area (Å²) in [6.07, 6.45) is 6.41. The van der Waals surface area contributed by atoms with Gasteiger partial charge < -0.3 is 15.4 Å². The van der Waals surface area contributed by atoms with Gasteiger partial charge in [-0.2, -0.15) is 0 Å². The van der Waals surface area contributed by atoms with Crippen molar-refractivity contribution in [3.05, 3.63) is 22.7 Å². The molecule has 5 heteroatoms. The van der Waals surface area contributed by atoms with Crippen molar-refractivity contribution in [2.45, 2.75) is 38.1 Å². The Morgan fingerprint density at radius 3 is 2.81 bits per heavy atom. The van der Waals surface area contributed by atoms with Crippen LogP contribution in [0.5, 0.6) is 5.75 Å². The second kappa shape index (κ2) is 6.24. The van der Waals surface area contributed by atoms with Crippen LogP contribution in [0.1, 0.15) is 43.7 Å². The van der Waals surface area contributed by atoms with E-state index >= 15 is 0 Å². The molecule has 0 spiro atoms. The van der Waals surface area contributed by atoms with Crippen molar-refractivity contribution >= 4 is 23.2 Å². The van der Waals surface area contributed by atoms with Crippen molar-refractivity contribution in [1.29, 1.82) is 0 Å². The van der Waals surface area contributed by atoms with Crippen LogP contribution in [0.3, 0.4) is 0 Å². The number of carbonyl (C=O) groups is 1. The summed E-state index contributed by atoms with van der Waals surface area (Å²) in [5.41, 5.74) is 1.68. The molecule has 1 heterocycles. The second-order valence-corrected chi connectivity index (χ2v) is 6.30. The maximum atomic E-state index is 11.8. The zero-order chi connectivity index (χ0) is 14.8. The lowest BCUT2D eigenvalue weighted by Gasteiger charge is -2.22. The lowest BCUT2D eigenvalue weighted by molar-refractivity contribution is -0.117. The van der Waals surface area contributed by atoms with Crippen LogP contribution >= 0.6 is 11.6 Å². The molecule has 2 N–H and O–H groups in total. The fraction of sp³-hybridized carbons (Fsp3) is 0.562. The first-order valence-electron chi connectivity index (χ1n) is 7.63. The molecular weight excluding hydrogens is 288 g/mol. The Morgan fingerprint density at radius 1 is 1.33 bits per heavy atom. The van der Waals surface area contributed by atoms with Gasteiger partial charge in [-0.1, -0.05) is 30.9 Å². The Morgan fingerprint density at radius 2 is 2.10 bits per heavy atom. The Hall–Kier alpha value is -1.26. The lowest BCUT2D eigenvalue weighted by Crippen LogP contribution is -2.23. The second-order valence-electron chi connectivity index (χ2n) is 5.90. The summed E-state index contributed by atoms with van der Waals surface area (Å²) < 4.78 is 5.90. The average Bonchev–Trinajstić information content (AvgIpc) is 2.80. The Labute approximate surface area is 130 Å². The van der Waals surface area contributed by atoms with E-state index in [1.165, 1.54) is 32.1 Å². The van der Waals surface area contributed by atoms with Crippen LogP contribution in [0.4, 0.5) is 5.69 Å². The first kappa shape index (κ1) is 14.7. The highest BCUT2D eigenvalue weighted by molar-refractivity contribution is 6.32. The Bertz CT molecular complexity index is 541. The van der Waals surface area contributed by atoms with E-state index in [2.05, 4.69) is 10.6 Å². The summed E-state index contributed by atoms with van der Waals surface area (Å²) in [5.74, 6) is 1.24. The molecule has 1 atom stereocenters. The number of halogens is 1. The van der Waals surface area contributed by atoms with E-state index in [1.807, 2.05) is 12.1 Å². The minimum absolute atomic E-state index is 0.0482. The Kier molecular flexibility index (Phi) is 4.36.